The summed E-state index contributed by atoms with van der Waals surface area (Å²) < 4.78 is 0. The second-order valence-corrected chi connectivity index (χ2v) is 3.85. The highest BCUT2D eigenvalue weighted by Gasteiger charge is 2.27. The smallest absolute Gasteiger partial charge is 0.147 e. The lowest BCUT2D eigenvalue weighted by molar-refractivity contribution is -0.124. The number of hydrogen-bond donors (Lipinski definition) is 1. The summed E-state index contributed by atoms with van der Waals surface area (Å²) in [5.41, 5.74) is 0. The Morgan fingerprint density at radius 3 is 1.85 bits per heavy atom. The Labute approximate surface area is 81.9 Å². The predicted octanol–water partition coefficient (Wildman–Crippen LogP) is 1.18. The monoisotopic (exact) mass is 203 g/mol. The third-order valence-corrected chi connectivity index (χ3v) is 2.93. The van der Waals surface area contributed by atoms with Gasteiger partial charge in [-0.15, -0.1) is 0 Å². The Morgan fingerprint density at radius 2 is 1.62 bits per heavy atom. The molecule has 0 fully saturated rings. The van der Waals surface area contributed by atoms with E-state index in [4.69, 9.17) is 0 Å². The van der Waals surface area contributed by atoms with Gasteiger partial charge in [-0.05, 0) is 19.8 Å². The molecule has 4 atom stereocenters. The van der Waals surface area contributed by atoms with E-state index in [1.54, 1.807) is 6.92 Å². The fourth-order valence-corrected chi connectivity index (χ4v) is 1.84. The van der Waals surface area contributed by atoms with Gasteiger partial charge in [0.15, 0.2) is 0 Å². The van der Waals surface area contributed by atoms with Gasteiger partial charge in [-0.25, -0.2) is 0 Å². The van der Waals surface area contributed by atoms with E-state index in [0.717, 1.165) is 0 Å². The first-order valence-electron chi connectivity index (χ1n) is 4.38. The Morgan fingerprint density at radius 1 is 1.15 bits per heavy atom. The fraction of sp³-hybridized carbons (Fsp3) is 0.778. The molecule has 0 aliphatic heterocycles. The molecule has 3 nitrogen and oxygen atoms in total. The number of carbonyl (C=O) groups excluding carboxylic acids is 2. The highest BCUT2D eigenvalue weighted by atomic mass is 31.0. The molecule has 0 bridgehead atoms. The summed E-state index contributed by atoms with van der Waals surface area (Å²) in [7, 11) is 2.33. The van der Waals surface area contributed by atoms with Crippen molar-refractivity contribution in [1.82, 2.24) is 5.09 Å². The van der Waals surface area contributed by atoms with Gasteiger partial charge in [0.2, 0.25) is 0 Å². The Kier molecular flexibility index (Phi) is 5.34. The van der Waals surface area contributed by atoms with Crippen LogP contribution in [0.15, 0.2) is 0 Å². The van der Waals surface area contributed by atoms with E-state index in [1.165, 1.54) is 6.92 Å². The predicted molar refractivity (Wildman–Crippen MR) is 56.3 cm³/mol. The SMILES string of the molecule is CC(=O)C(C)C(C)C(NP)C(C)=O. The normalized spacial score (nSPS) is 17.6. The minimum absolute atomic E-state index is 0.0347. The molecule has 76 valence electrons. The molecule has 0 saturated carbocycles. The number of hydrogen-bond acceptors (Lipinski definition) is 3. The van der Waals surface area contributed by atoms with Crippen molar-refractivity contribution in [2.24, 2.45) is 11.8 Å². The van der Waals surface area contributed by atoms with Gasteiger partial charge in [0.25, 0.3) is 0 Å². The van der Waals surface area contributed by atoms with Crippen LogP contribution in [0.5, 0.6) is 0 Å². The fourth-order valence-electron chi connectivity index (χ4n) is 1.30. The van der Waals surface area contributed by atoms with Crippen LogP contribution >= 0.6 is 9.39 Å². The van der Waals surface area contributed by atoms with Crippen LogP contribution < -0.4 is 5.09 Å². The van der Waals surface area contributed by atoms with E-state index in [1.807, 2.05) is 13.8 Å². The zero-order valence-electron chi connectivity index (χ0n) is 8.63. The summed E-state index contributed by atoms with van der Waals surface area (Å²) >= 11 is 0. The summed E-state index contributed by atoms with van der Waals surface area (Å²) in [6.07, 6.45) is 0. The molecule has 0 aliphatic rings. The van der Waals surface area contributed by atoms with Crippen molar-refractivity contribution in [3.8, 4) is 0 Å². The second-order valence-electron chi connectivity index (χ2n) is 3.51. The van der Waals surface area contributed by atoms with Crippen molar-refractivity contribution in [2.45, 2.75) is 33.7 Å². The van der Waals surface area contributed by atoms with E-state index < -0.39 is 0 Å². The van der Waals surface area contributed by atoms with Gasteiger partial charge in [0.05, 0.1) is 6.04 Å². The molecular weight excluding hydrogens is 185 g/mol. The average molecular weight is 203 g/mol. The first-order valence-corrected chi connectivity index (χ1v) is 4.96. The standard InChI is InChI=1S/C9H18NO2P/c1-5(7(3)11)6(2)9(10-13)8(4)12/h5-6,9-10H,13H2,1-4H3. The van der Waals surface area contributed by atoms with Crippen molar-refractivity contribution in [2.75, 3.05) is 0 Å². The number of Topliss-reactive ketones (excluding diaryl/α,β-unsaturated/α-hetero) is 2. The Balaban J connectivity index is 4.45. The molecule has 0 spiro atoms. The van der Waals surface area contributed by atoms with Crippen LogP contribution in [0.3, 0.4) is 0 Å². The van der Waals surface area contributed by atoms with E-state index in [9.17, 15) is 9.59 Å². The van der Waals surface area contributed by atoms with Gasteiger partial charge in [-0.2, -0.15) is 0 Å². The second kappa shape index (κ2) is 5.46. The highest BCUT2D eigenvalue weighted by Crippen LogP contribution is 2.17. The molecule has 1 N–H and O–H groups in total. The molecule has 4 unspecified atom stereocenters. The van der Waals surface area contributed by atoms with Gasteiger partial charge in [-0.3, -0.25) is 14.7 Å². The average Bonchev–Trinajstić information content (AvgIpc) is 2.03. The molecule has 0 rings (SSSR count). The van der Waals surface area contributed by atoms with Gasteiger partial charge in [0, 0.05) is 5.92 Å². The van der Waals surface area contributed by atoms with Crippen molar-refractivity contribution in [3.05, 3.63) is 0 Å². The van der Waals surface area contributed by atoms with Crippen molar-refractivity contribution >= 4 is 21.0 Å². The largest absolute Gasteiger partial charge is 0.300 e. The zero-order valence-corrected chi connectivity index (χ0v) is 9.78. The quantitative estimate of drug-likeness (QED) is 0.682. The van der Waals surface area contributed by atoms with Crippen LogP contribution in [0.1, 0.15) is 27.7 Å². The van der Waals surface area contributed by atoms with Gasteiger partial charge >= 0.3 is 0 Å². The third kappa shape index (κ3) is 3.53. The first-order chi connectivity index (χ1) is 5.91. The topological polar surface area (TPSA) is 46.2 Å². The van der Waals surface area contributed by atoms with Crippen LogP contribution in [-0.4, -0.2) is 17.6 Å². The molecule has 0 aromatic rings. The molecule has 4 heteroatoms. The summed E-state index contributed by atoms with van der Waals surface area (Å²) in [6, 6.07) is -0.246. The van der Waals surface area contributed by atoms with Crippen LogP contribution in [0.2, 0.25) is 0 Å². The Hall–Kier alpha value is -0.270. The lowest BCUT2D eigenvalue weighted by atomic mass is 9.85. The minimum Gasteiger partial charge on any atom is -0.300 e. The lowest BCUT2D eigenvalue weighted by Crippen LogP contribution is -2.39. The van der Waals surface area contributed by atoms with Crippen LogP contribution in [0.25, 0.3) is 0 Å². The van der Waals surface area contributed by atoms with Crippen LogP contribution in [-0.2, 0) is 9.59 Å². The summed E-state index contributed by atoms with van der Waals surface area (Å²) in [6.45, 7) is 6.85. The van der Waals surface area contributed by atoms with Gasteiger partial charge in [-0.1, -0.05) is 23.2 Å². The number of rotatable bonds is 5. The van der Waals surface area contributed by atoms with Gasteiger partial charge < -0.3 is 0 Å². The van der Waals surface area contributed by atoms with Crippen molar-refractivity contribution < 1.29 is 9.59 Å². The Bertz CT molecular complexity index is 206. The molecule has 0 aromatic carbocycles. The molecule has 0 aliphatic carbocycles. The van der Waals surface area contributed by atoms with Crippen LogP contribution in [0.4, 0.5) is 0 Å². The molecule has 0 aromatic heterocycles. The number of ketones is 2. The van der Waals surface area contributed by atoms with E-state index in [0.29, 0.717) is 0 Å². The maximum absolute atomic E-state index is 11.2. The maximum Gasteiger partial charge on any atom is 0.147 e. The molecule has 13 heavy (non-hydrogen) atoms. The summed E-state index contributed by atoms with van der Waals surface area (Å²) in [4.78, 5) is 22.2. The molecule has 0 heterocycles. The van der Waals surface area contributed by atoms with Crippen molar-refractivity contribution in [3.63, 3.8) is 0 Å². The highest BCUT2D eigenvalue weighted by molar-refractivity contribution is 7.13. The van der Waals surface area contributed by atoms with E-state index in [2.05, 4.69) is 14.5 Å². The molecular formula is C9H18NO2P. The third-order valence-electron chi connectivity index (χ3n) is 2.57. The lowest BCUT2D eigenvalue weighted by Gasteiger charge is -2.24. The maximum atomic E-state index is 11.2. The molecule has 0 saturated heterocycles. The first kappa shape index (κ1) is 12.7. The zero-order chi connectivity index (χ0) is 10.6. The van der Waals surface area contributed by atoms with Gasteiger partial charge in [0.1, 0.15) is 11.6 Å². The summed E-state index contributed by atoms with van der Waals surface area (Å²) in [5, 5.41) is 2.85. The molecule has 0 radical (unpaired) electrons. The van der Waals surface area contributed by atoms with Crippen molar-refractivity contribution in [1.29, 1.82) is 0 Å². The molecule has 0 amide bonds. The van der Waals surface area contributed by atoms with Crippen LogP contribution in [0, 0.1) is 11.8 Å². The van der Waals surface area contributed by atoms with E-state index in [-0.39, 0.29) is 29.4 Å². The number of nitrogens with one attached hydrogen (secondary N) is 1. The number of carbonyl (C=O) groups is 2. The minimum atomic E-state index is -0.246. The van der Waals surface area contributed by atoms with E-state index >= 15 is 0 Å². The summed E-state index contributed by atoms with van der Waals surface area (Å²) in [5.74, 6) is 0.143.